The van der Waals surface area contributed by atoms with Crippen molar-refractivity contribution in [1.29, 1.82) is 0 Å². The van der Waals surface area contributed by atoms with Crippen molar-refractivity contribution in [3.05, 3.63) is 29.8 Å². The lowest BCUT2D eigenvalue weighted by Gasteiger charge is -2.25. The molecule has 0 aromatic heterocycles. The number of anilines is 1. The molecule has 0 unspecified atom stereocenters. The summed E-state index contributed by atoms with van der Waals surface area (Å²) >= 11 is 0. The van der Waals surface area contributed by atoms with Crippen LogP contribution in [0.3, 0.4) is 0 Å². The molecule has 0 aliphatic heterocycles. The van der Waals surface area contributed by atoms with Crippen molar-refractivity contribution in [3.8, 4) is 0 Å². The van der Waals surface area contributed by atoms with E-state index in [0.29, 0.717) is 12.2 Å². The summed E-state index contributed by atoms with van der Waals surface area (Å²) in [6, 6.07) is 3.88. The lowest BCUT2D eigenvalue weighted by atomic mass is 10.0. The summed E-state index contributed by atoms with van der Waals surface area (Å²) in [5, 5.41) is 0. The van der Waals surface area contributed by atoms with E-state index in [1.54, 1.807) is 6.07 Å². The Morgan fingerprint density at radius 2 is 1.88 bits per heavy atom. The molecule has 2 nitrogen and oxygen atoms in total. The van der Waals surface area contributed by atoms with Crippen molar-refractivity contribution in [1.82, 2.24) is 0 Å². The number of nitrogens with zero attached hydrogens (tertiary/aromatic N) is 1. The second-order valence-corrected chi connectivity index (χ2v) is 4.76. The predicted molar refractivity (Wildman–Crippen MR) is 62.5 cm³/mol. The van der Waals surface area contributed by atoms with Gasteiger partial charge in [0, 0.05) is 30.9 Å². The van der Waals surface area contributed by atoms with Gasteiger partial charge in [-0.2, -0.15) is 0 Å². The van der Waals surface area contributed by atoms with Crippen LogP contribution in [0.4, 0.5) is 14.5 Å². The van der Waals surface area contributed by atoms with Gasteiger partial charge in [-0.3, -0.25) is 0 Å². The topological polar surface area (TPSA) is 29.3 Å². The van der Waals surface area contributed by atoms with Crippen molar-refractivity contribution in [2.45, 2.75) is 25.8 Å². The fraction of sp³-hybridized carbons (Fsp3) is 0.500. The highest BCUT2D eigenvalue weighted by molar-refractivity contribution is 5.45. The molecule has 4 heteroatoms. The molecule has 0 saturated carbocycles. The van der Waals surface area contributed by atoms with Gasteiger partial charge >= 0.3 is 0 Å². The largest absolute Gasteiger partial charge is 0.374 e. The Morgan fingerprint density at radius 1 is 1.25 bits per heavy atom. The number of rotatable bonds is 4. The highest BCUT2D eigenvalue weighted by Gasteiger charge is 2.12. The Balaban J connectivity index is 2.66. The summed E-state index contributed by atoms with van der Waals surface area (Å²) in [5.74, 6) is -1.65. The minimum absolute atomic E-state index is 0.257. The molecular weight excluding hydrogens is 210 g/mol. The van der Waals surface area contributed by atoms with E-state index in [1.165, 1.54) is 6.07 Å². The van der Waals surface area contributed by atoms with Crippen LogP contribution in [0.15, 0.2) is 18.2 Å². The van der Waals surface area contributed by atoms with E-state index < -0.39 is 11.6 Å². The molecule has 1 aromatic rings. The summed E-state index contributed by atoms with van der Waals surface area (Å²) in [4.78, 5) is 1.86. The van der Waals surface area contributed by atoms with Crippen LogP contribution in [-0.2, 0) is 0 Å². The molecule has 90 valence electrons. The van der Waals surface area contributed by atoms with Crippen LogP contribution in [-0.4, -0.2) is 19.1 Å². The Bertz CT molecular complexity index is 359. The number of nitrogens with two attached hydrogens (primary N) is 1. The zero-order chi connectivity index (χ0) is 12.3. The minimum Gasteiger partial charge on any atom is -0.374 e. The fourth-order valence-electron chi connectivity index (χ4n) is 1.31. The van der Waals surface area contributed by atoms with Gasteiger partial charge in [0.05, 0.1) is 0 Å². The fourth-order valence-corrected chi connectivity index (χ4v) is 1.31. The standard InChI is InChI=1S/C12H18F2N2/c1-12(2,15)6-7-16(3)9-4-5-10(13)11(14)8-9/h4-5,8H,6-7,15H2,1-3H3. The van der Waals surface area contributed by atoms with Crippen molar-refractivity contribution >= 4 is 5.69 Å². The van der Waals surface area contributed by atoms with Gasteiger partial charge < -0.3 is 10.6 Å². The average Bonchev–Trinajstić information content (AvgIpc) is 2.17. The van der Waals surface area contributed by atoms with Gasteiger partial charge in [-0.1, -0.05) is 0 Å². The van der Waals surface area contributed by atoms with Gasteiger partial charge in [-0.15, -0.1) is 0 Å². The first kappa shape index (κ1) is 12.9. The van der Waals surface area contributed by atoms with Gasteiger partial charge in [0.15, 0.2) is 11.6 Å². The Kier molecular flexibility index (Phi) is 3.86. The van der Waals surface area contributed by atoms with Gasteiger partial charge in [0.1, 0.15) is 0 Å². The third-order valence-electron chi connectivity index (χ3n) is 2.44. The Labute approximate surface area is 95.1 Å². The van der Waals surface area contributed by atoms with Crippen molar-refractivity contribution < 1.29 is 8.78 Å². The number of benzene rings is 1. The molecular formula is C12H18F2N2. The summed E-state index contributed by atoms with van der Waals surface area (Å²) in [6.07, 6.45) is 0.780. The molecule has 16 heavy (non-hydrogen) atoms. The third-order valence-corrected chi connectivity index (χ3v) is 2.44. The van der Waals surface area contributed by atoms with E-state index >= 15 is 0 Å². The molecule has 1 aromatic carbocycles. The second kappa shape index (κ2) is 4.78. The van der Waals surface area contributed by atoms with Crippen LogP contribution < -0.4 is 10.6 Å². The monoisotopic (exact) mass is 228 g/mol. The number of hydrogen-bond donors (Lipinski definition) is 1. The summed E-state index contributed by atoms with van der Waals surface area (Å²) in [5.41, 5.74) is 6.25. The molecule has 0 bridgehead atoms. The van der Waals surface area contributed by atoms with Crippen LogP contribution in [0.2, 0.25) is 0 Å². The van der Waals surface area contributed by atoms with Crippen LogP contribution >= 0.6 is 0 Å². The SMILES string of the molecule is CN(CCC(C)(C)N)c1ccc(F)c(F)c1. The van der Waals surface area contributed by atoms with Crippen LogP contribution in [0.25, 0.3) is 0 Å². The van der Waals surface area contributed by atoms with Crippen LogP contribution in [0, 0.1) is 11.6 Å². The van der Waals surface area contributed by atoms with Crippen molar-refractivity contribution in [2.24, 2.45) is 5.73 Å². The zero-order valence-corrected chi connectivity index (χ0v) is 9.93. The lowest BCUT2D eigenvalue weighted by molar-refractivity contribution is 0.478. The predicted octanol–water partition coefficient (Wildman–Crippen LogP) is 2.53. The first-order chi connectivity index (χ1) is 7.29. The summed E-state index contributed by atoms with van der Waals surface area (Å²) in [7, 11) is 1.83. The summed E-state index contributed by atoms with van der Waals surface area (Å²) in [6.45, 7) is 4.58. The molecule has 2 N–H and O–H groups in total. The Morgan fingerprint density at radius 3 is 2.38 bits per heavy atom. The number of halogens is 2. The van der Waals surface area contributed by atoms with E-state index in [2.05, 4.69) is 0 Å². The van der Waals surface area contributed by atoms with Gasteiger partial charge in [-0.05, 0) is 32.4 Å². The maximum Gasteiger partial charge on any atom is 0.160 e. The first-order valence-corrected chi connectivity index (χ1v) is 5.25. The zero-order valence-electron chi connectivity index (χ0n) is 9.93. The molecule has 0 radical (unpaired) electrons. The molecule has 0 fully saturated rings. The van der Waals surface area contributed by atoms with E-state index in [9.17, 15) is 8.78 Å². The molecule has 0 saturated heterocycles. The highest BCUT2D eigenvalue weighted by atomic mass is 19.2. The van der Waals surface area contributed by atoms with Gasteiger partial charge in [0.2, 0.25) is 0 Å². The quantitative estimate of drug-likeness (QED) is 0.858. The Hall–Kier alpha value is -1.16. The van der Waals surface area contributed by atoms with Gasteiger partial charge in [-0.25, -0.2) is 8.78 Å². The molecule has 0 aliphatic rings. The van der Waals surface area contributed by atoms with Crippen LogP contribution in [0.1, 0.15) is 20.3 Å². The van der Waals surface area contributed by atoms with E-state index in [0.717, 1.165) is 12.5 Å². The maximum absolute atomic E-state index is 13.0. The van der Waals surface area contributed by atoms with Crippen molar-refractivity contribution in [2.75, 3.05) is 18.5 Å². The molecule has 0 aliphatic carbocycles. The van der Waals surface area contributed by atoms with Crippen molar-refractivity contribution in [3.63, 3.8) is 0 Å². The highest BCUT2D eigenvalue weighted by Crippen LogP contribution is 2.17. The van der Waals surface area contributed by atoms with E-state index in [4.69, 9.17) is 5.73 Å². The lowest BCUT2D eigenvalue weighted by Crippen LogP contribution is -2.36. The average molecular weight is 228 g/mol. The van der Waals surface area contributed by atoms with Crippen LogP contribution in [0.5, 0.6) is 0 Å². The normalized spacial score (nSPS) is 11.6. The second-order valence-electron chi connectivity index (χ2n) is 4.76. The number of hydrogen-bond acceptors (Lipinski definition) is 2. The molecule has 1 rings (SSSR count). The molecule has 0 amide bonds. The summed E-state index contributed by atoms with van der Waals surface area (Å²) < 4.78 is 25.7. The smallest absolute Gasteiger partial charge is 0.160 e. The molecule has 0 heterocycles. The van der Waals surface area contributed by atoms with Gasteiger partial charge in [0.25, 0.3) is 0 Å². The molecule has 0 spiro atoms. The minimum atomic E-state index is -0.823. The van der Waals surface area contributed by atoms with E-state index in [-0.39, 0.29) is 5.54 Å². The first-order valence-electron chi connectivity index (χ1n) is 5.25. The van der Waals surface area contributed by atoms with E-state index in [1.807, 2.05) is 25.8 Å². The maximum atomic E-state index is 13.0. The third kappa shape index (κ3) is 3.77. The molecule has 0 atom stereocenters.